The van der Waals surface area contributed by atoms with E-state index in [0.29, 0.717) is 0 Å². The van der Waals surface area contributed by atoms with Crippen molar-refractivity contribution in [3.63, 3.8) is 0 Å². The molecule has 0 radical (unpaired) electrons. The Kier molecular flexibility index (Phi) is 2.41. The molecule has 16 heavy (non-hydrogen) atoms. The molecule has 2 heterocycles. The number of H-pyrrole nitrogens is 1. The minimum absolute atomic E-state index is 1.19. The van der Waals surface area contributed by atoms with E-state index in [2.05, 4.69) is 52.6 Å². The van der Waals surface area contributed by atoms with Gasteiger partial charge in [0.1, 0.15) is 0 Å². The summed E-state index contributed by atoms with van der Waals surface area (Å²) < 4.78 is 0. The van der Waals surface area contributed by atoms with Gasteiger partial charge in [0, 0.05) is 31.0 Å². The van der Waals surface area contributed by atoms with Gasteiger partial charge in [-0.15, -0.1) is 0 Å². The number of aromatic nitrogens is 1. The molecule has 0 aliphatic carbocycles. The molecule has 0 spiro atoms. The predicted octanol–water partition coefficient (Wildman–Crippen LogP) is 3.28. The van der Waals surface area contributed by atoms with Gasteiger partial charge in [-0.25, -0.2) is 0 Å². The predicted molar refractivity (Wildman–Crippen MR) is 67.7 cm³/mol. The second-order valence-electron chi connectivity index (χ2n) is 4.31. The third-order valence-corrected chi connectivity index (χ3v) is 3.26. The Morgan fingerprint density at radius 2 is 1.69 bits per heavy atom. The normalized spacial score (nSPS) is 15.6. The molecule has 2 aromatic rings. The monoisotopic (exact) mass is 212 g/mol. The van der Waals surface area contributed by atoms with E-state index in [4.69, 9.17) is 0 Å². The first-order valence-electron chi connectivity index (χ1n) is 5.92. The summed E-state index contributed by atoms with van der Waals surface area (Å²) in [6.45, 7) is 2.38. The first kappa shape index (κ1) is 9.52. The fourth-order valence-electron chi connectivity index (χ4n) is 2.42. The molecule has 82 valence electrons. The molecule has 1 fully saturated rings. The lowest BCUT2D eigenvalue weighted by Gasteiger charge is -2.17. The van der Waals surface area contributed by atoms with Crippen LogP contribution in [0.1, 0.15) is 12.8 Å². The Morgan fingerprint density at radius 1 is 0.938 bits per heavy atom. The number of hydrogen-bond donors (Lipinski definition) is 1. The maximum Gasteiger partial charge on any atom is 0.0623 e. The van der Waals surface area contributed by atoms with Crippen molar-refractivity contribution < 1.29 is 0 Å². The van der Waals surface area contributed by atoms with Crippen LogP contribution in [0, 0.1) is 0 Å². The largest absolute Gasteiger partial charge is 0.370 e. The van der Waals surface area contributed by atoms with E-state index < -0.39 is 0 Å². The lowest BCUT2D eigenvalue weighted by molar-refractivity contribution is 0.949. The molecule has 1 aliphatic heterocycles. The van der Waals surface area contributed by atoms with Gasteiger partial charge in [0.05, 0.1) is 5.69 Å². The Bertz CT molecular complexity index is 453. The highest BCUT2D eigenvalue weighted by molar-refractivity contribution is 5.78. The van der Waals surface area contributed by atoms with Crippen LogP contribution in [0.3, 0.4) is 0 Å². The minimum Gasteiger partial charge on any atom is -0.370 e. The zero-order valence-corrected chi connectivity index (χ0v) is 9.32. The van der Waals surface area contributed by atoms with Crippen LogP contribution >= 0.6 is 0 Å². The van der Waals surface area contributed by atoms with Crippen LogP contribution < -0.4 is 4.90 Å². The molecular formula is C14H16N2. The molecule has 3 rings (SSSR count). The van der Waals surface area contributed by atoms with Gasteiger partial charge in [0.25, 0.3) is 0 Å². The summed E-state index contributed by atoms with van der Waals surface area (Å²) in [4.78, 5) is 5.70. The van der Waals surface area contributed by atoms with Gasteiger partial charge in [0.15, 0.2) is 0 Å². The molecule has 0 atom stereocenters. The molecule has 0 saturated carbocycles. The SMILES string of the molecule is c1ccc(-c2c[nH]cc2N2CCCC2)cc1. The van der Waals surface area contributed by atoms with Gasteiger partial charge in [-0.3, -0.25) is 0 Å². The fourth-order valence-corrected chi connectivity index (χ4v) is 2.42. The zero-order chi connectivity index (χ0) is 10.8. The summed E-state index contributed by atoms with van der Waals surface area (Å²) in [5.74, 6) is 0. The number of nitrogens with zero attached hydrogens (tertiary/aromatic N) is 1. The number of rotatable bonds is 2. The third-order valence-electron chi connectivity index (χ3n) is 3.26. The van der Waals surface area contributed by atoms with Crippen LogP contribution in [0.25, 0.3) is 11.1 Å². The second-order valence-corrected chi connectivity index (χ2v) is 4.31. The summed E-state index contributed by atoms with van der Waals surface area (Å²) in [5, 5.41) is 0. The molecule has 1 aromatic heterocycles. The van der Waals surface area contributed by atoms with Gasteiger partial charge in [0.2, 0.25) is 0 Å². The van der Waals surface area contributed by atoms with Crippen LogP contribution in [0.4, 0.5) is 5.69 Å². The van der Waals surface area contributed by atoms with Crippen LogP contribution in [0.5, 0.6) is 0 Å². The summed E-state index contributed by atoms with van der Waals surface area (Å²) >= 11 is 0. The number of hydrogen-bond acceptors (Lipinski definition) is 1. The number of aromatic amines is 1. The average molecular weight is 212 g/mol. The number of nitrogens with one attached hydrogen (secondary N) is 1. The van der Waals surface area contributed by atoms with Crippen molar-refractivity contribution in [1.29, 1.82) is 0 Å². The standard InChI is InChI=1S/C14H16N2/c1-2-6-12(7-3-1)13-10-15-11-14(13)16-8-4-5-9-16/h1-3,6-7,10-11,15H,4-5,8-9H2. The third kappa shape index (κ3) is 1.60. The van der Waals surface area contributed by atoms with Crippen molar-refractivity contribution in [2.75, 3.05) is 18.0 Å². The topological polar surface area (TPSA) is 19.0 Å². The Hall–Kier alpha value is -1.70. The maximum absolute atomic E-state index is 3.23. The van der Waals surface area contributed by atoms with E-state index in [0.717, 1.165) is 0 Å². The lowest BCUT2D eigenvalue weighted by Crippen LogP contribution is -2.17. The van der Waals surface area contributed by atoms with Crippen molar-refractivity contribution in [1.82, 2.24) is 4.98 Å². The molecule has 1 aliphatic rings. The Labute approximate surface area is 95.9 Å². The van der Waals surface area contributed by atoms with Crippen LogP contribution in [0.2, 0.25) is 0 Å². The van der Waals surface area contributed by atoms with Gasteiger partial charge in [-0.2, -0.15) is 0 Å². The first-order chi connectivity index (χ1) is 7.95. The summed E-state index contributed by atoms with van der Waals surface area (Å²) in [6, 6.07) is 10.6. The van der Waals surface area contributed by atoms with E-state index in [1.54, 1.807) is 0 Å². The van der Waals surface area contributed by atoms with Crippen LogP contribution in [0.15, 0.2) is 42.7 Å². The molecule has 2 nitrogen and oxygen atoms in total. The van der Waals surface area contributed by atoms with E-state index in [1.165, 1.54) is 42.7 Å². The molecular weight excluding hydrogens is 196 g/mol. The van der Waals surface area contributed by atoms with Crippen LogP contribution in [-0.2, 0) is 0 Å². The molecule has 1 N–H and O–H groups in total. The highest BCUT2D eigenvalue weighted by Crippen LogP contribution is 2.32. The van der Waals surface area contributed by atoms with E-state index in [-0.39, 0.29) is 0 Å². The fraction of sp³-hybridized carbons (Fsp3) is 0.286. The molecule has 2 heteroatoms. The Balaban J connectivity index is 1.99. The van der Waals surface area contributed by atoms with Crippen molar-refractivity contribution in [2.24, 2.45) is 0 Å². The van der Waals surface area contributed by atoms with Crippen molar-refractivity contribution in [2.45, 2.75) is 12.8 Å². The average Bonchev–Trinajstić information content (AvgIpc) is 3.01. The maximum atomic E-state index is 3.23. The molecule has 0 amide bonds. The zero-order valence-electron chi connectivity index (χ0n) is 9.32. The molecule has 1 aromatic carbocycles. The van der Waals surface area contributed by atoms with Gasteiger partial charge < -0.3 is 9.88 Å². The highest BCUT2D eigenvalue weighted by Gasteiger charge is 2.16. The summed E-state index contributed by atoms with van der Waals surface area (Å²) in [5.41, 5.74) is 3.97. The Morgan fingerprint density at radius 3 is 2.44 bits per heavy atom. The van der Waals surface area contributed by atoms with E-state index >= 15 is 0 Å². The van der Waals surface area contributed by atoms with E-state index in [1.807, 2.05) is 0 Å². The number of anilines is 1. The lowest BCUT2D eigenvalue weighted by atomic mass is 10.1. The van der Waals surface area contributed by atoms with Gasteiger partial charge in [-0.1, -0.05) is 30.3 Å². The van der Waals surface area contributed by atoms with Crippen molar-refractivity contribution in [3.05, 3.63) is 42.7 Å². The minimum atomic E-state index is 1.19. The molecule has 0 bridgehead atoms. The quantitative estimate of drug-likeness (QED) is 0.809. The second kappa shape index (κ2) is 4.05. The van der Waals surface area contributed by atoms with Gasteiger partial charge in [-0.05, 0) is 18.4 Å². The smallest absolute Gasteiger partial charge is 0.0623 e. The molecule has 1 saturated heterocycles. The number of benzene rings is 1. The highest BCUT2D eigenvalue weighted by atomic mass is 15.2. The van der Waals surface area contributed by atoms with E-state index in [9.17, 15) is 0 Å². The summed E-state index contributed by atoms with van der Waals surface area (Å²) in [6.07, 6.45) is 6.86. The molecule has 0 unspecified atom stereocenters. The first-order valence-corrected chi connectivity index (χ1v) is 5.92. The van der Waals surface area contributed by atoms with Crippen LogP contribution in [-0.4, -0.2) is 18.1 Å². The van der Waals surface area contributed by atoms with Gasteiger partial charge >= 0.3 is 0 Å². The van der Waals surface area contributed by atoms with Crippen molar-refractivity contribution in [3.8, 4) is 11.1 Å². The van der Waals surface area contributed by atoms with Crippen molar-refractivity contribution >= 4 is 5.69 Å². The summed E-state index contributed by atoms with van der Waals surface area (Å²) in [7, 11) is 0.